The third kappa shape index (κ3) is 6.17. The lowest BCUT2D eigenvalue weighted by atomic mass is 10.1. The topological polar surface area (TPSA) is 64.1 Å². The molecule has 0 N–H and O–H groups in total. The summed E-state index contributed by atoms with van der Waals surface area (Å²) >= 11 is 3.48. The molecule has 5 heterocycles. The van der Waals surface area contributed by atoms with Crippen LogP contribution in [-0.2, 0) is 19.4 Å². The van der Waals surface area contributed by atoms with Gasteiger partial charge in [0.15, 0.2) is 11.5 Å². The number of aromatic nitrogens is 6. The number of thiazole rings is 1. The van der Waals surface area contributed by atoms with E-state index < -0.39 is 0 Å². The van der Waals surface area contributed by atoms with E-state index in [1.807, 2.05) is 34.5 Å². The average Bonchev–Trinajstić information content (AvgIpc) is 3.73. The van der Waals surface area contributed by atoms with Gasteiger partial charge >= 0.3 is 0 Å². The number of hydrogen-bond acceptors (Lipinski definition) is 7. The van der Waals surface area contributed by atoms with Crippen molar-refractivity contribution in [1.82, 2.24) is 34.3 Å². The molecular formula is C29H33N7S2. The van der Waals surface area contributed by atoms with Gasteiger partial charge in [0.1, 0.15) is 4.34 Å². The van der Waals surface area contributed by atoms with Crippen molar-refractivity contribution in [3.63, 3.8) is 0 Å². The number of rotatable bonds is 11. The quantitative estimate of drug-likeness (QED) is 0.197. The maximum Gasteiger partial charge on any atom is 0.156 e. The van der Waals surface area contributed by atoms with Crippen LogP contribution >= 0.6 is 23.1 Å². The SMILES string of the molecule is Cc1csc(SCCn2cc(-c3cccc4nc(Cc5ccc(CCCN6CCCC6)cc5)nn34)cn2)n1. The van der Waals surface area contributed by atoms with E-state index >= 15 is 0 Å². The van der Waals surface area contributed by atoms with E-state index in [4.69, 9.17) is 10.1 Å². The predicted octanol–water partition coefficient (Wildman–Crippen LogP) is 5.77. The van der Waals surface area contributed by atoms with Crippen molar-refractivity contribution < 1.29 is 0 Å². The molecule has 0 atom stereocenters. The van der Waals surface area contributed by atoms with Crippen molar-refractivity contribution in [2.24, 2.45) is 0 Å². The van der Waals surface area contributed by atoms with E-state index in [2.05, 4.69) is 56.9 Å². The highest BCUT2D eigenvalue weighted by molar-refractivity contribution is 8.00. The number of thioether (sulfide) groups is 1. The maximum atomic E-state index is 4.87. The van der Waals surface area contributed by atoms with E-state index in [-0.39, 0.29) is 0 Å². The standard InChI is InChI=1S/C29H33N7S2/c1-22-21-38-29(31-22)37-17-16-35-20-25(19-30-35)26-7-4-8-28-32-27(33-36(26)28)18-24-11-9-23(10-12-24)6-5-15-34-13-2-3-14-34/h4,7-12,19-21H,2-3,5-6,13-18H2,1H3. The Labute approximate surface area is 231 Å². The third-order valence-corrected chi connectivity index (χ3v) is 9.12. The number of benzene rings is 1. The van der Waals surface area contributed by atoms with E-state index in [9.17, 15) is 0 Å². The first-order valence-corrected chi connectivity index (χ1v) is 15.3. The van der Waals surface area contributed by atoms with Gasteiger partial charge in [-0.05, 0) is 75.5 Å². The van der Waals surface area contributed by atoms with Crippen molar-refractivity contribution in [3.8, 4) is 11.3 Å². The van der Waals surface area contributed by atoms with Gasteiger partial charge < -0.3 is 4.90 Å². The Morgan fingerprint density at radius 1 is 0.974 bits per heavy atom. The second kappa shape index (κ2) is 11.8. The fourth-order valence-corrected chi connectivity index (χ4v) is 6.85. The molecule has 6 rings (SSSR count). The normalized spacial score (nSPS) is 14.1. The summed E-state index contributed by atoms with van der Waals surface area (Å²) in [6.45, 7) is 6.64. The molecule has 0 radical (unpaired) electrons. The Bertz CT molecular complexity index is 1480. The molecule has 0 spiro atoms. The molecule has 0 unspecified atom stereocenters. The van der Waals surface area contributed by atoms with Crippen LogP contribution in [0.25, 0.3) is 16.9 Å². The highest BCUT2D eigenvalue weighted by Crippen LogP contribution is 2.24. The molecule has 196 valence electrons. The second-order valence-corrected chi connectivity index (χ2v) is 12.2. The number of nitrogens with zero attached hydrogens (tertiary/aromatic N) is 7. The molecule has 0 saturated carbocycles. The van der Waals surface area contributed by atoms with Crippen molar-refractivity contribution in [1.29, 1.82) is 0 Å². The van der Waals surface area contributed by atoms with E-state index in [0.717, 1.165) is 57.9 Å². The summed E-state index contributed by atoms with van der Waals surface area (Å²) in [5.74, 6) is 1.77. The fourth-order valence-electron chi connectivity index (χ4n) is 5.01. The number of fused-ring (bicyclic) bond motifs is 1. The monoisotopic (exact) mass is 543 g/mol. The number of aryl methyl sites for hydroxylation is 3. The molecule has 4 aromatic heterocycles. The van der Waals surface area contributed by atoms with E-state index in [1.165, 1.54) is 50.0 Å². The average molecular weight is 544 g/mol. The smallest absolute Gasteiger partial charge is 0.156 e. The predicted molar refractivity (Wildman–Crippen MR) is 155 cm³/mol. The first kappa shape index (κ1) is 25.3. The lowest BCUT2D eigenvalue weighted by Crippen LogP contribution is -2.20. The van der Waals surface area contributed by atoms with Crippen molar-refractivity contribution in [2.45, 2.75) is 49.9 Å². The first-order chi connectivity index (χ1) is 18.7. The van der Waals surface area contributed by atoms with Gasteiger partial charge in [0.05, 0.1) is 18.4 Å². The van der Waals surface area contributed by atoms with Gasteiger partial charge in [-0.15, -0.1) is 11.3 Å². The van der Waals surface area contributed by atoms with Crippen LogP contribution < -0.4 is 0 Å². The molecule has 0 amide bonds. The molecule has 0 aliphatic carbocycles. The van der Waals surface area contributed by atoms with Crippen LogP contribution in [0.5, 0.6) is 0 Å². The maximum absolute atomic E-state index is 4.87. The van der Waals surface area contributed by atoms with Crippen LogP contribution in [0.1, 0.15) is 41.9 Å². The van der Waals surface area contributed by atoms with Crippen molar-refractivity contribution in [2.75, 3.05) is 25.4 Å². The summed E-state index contributed by atoms with van der Waals surface area (Å²) in [5.41, 5.74) is 6.64. The molecule has 7 nitrogen and oxygen atoms in total. The molecule has 38 heavy (non-hydrogen) atoms. The van der Waals surface area contributed by atoms with Crippen LogP contribution in [-0.4, -0.2) is 59.6 Å². The number of pyridine rings is 1. The largest absolute Gasteiger partial charge is 0.303 e. The zero-order chi connectivity index (χ0) is 25.7. The molecule has 0 bridgehead atoms. The van der Waals surface area contributed by atoms with Crippen molar-refractivity contribution >= 4 is 28.7 Å². The van der Waals surface area contributed by atoms with Crippen LogP contribution in [0.4, 0.5) is 0 Å². The molecule has 5 aromatic rings. The molecule has 1 fully saturated rings. The van der Waals surface area contributed by atoms with Gasteiger partial charge in [0, 0.05) is 35.0 Å². The summed E-state index contributed by atoms with van der Waals surface area (Å²) in [5, 5.41) is 11.5. The Morgan fingerprint density at radius 2 is 1.82 bits per heavy atom. The minimum absolute atomic E-state index is 0.724. The Kier molecular flexibility index (Phi) is 7.85. The lowest BCUT2D eigenvalue weighted by Gasteiger charge is -2.13. The zero-order valence-electron chi connectivity index (χ0n) is 21.8. The molecule has 1 aliphatic rings. The summed E-state index contributed by atoms with van der Waals surface area (Å²) in [6, 6.07) is 15.1. The van der Waals surface area contributed by atoms with Gasteiger partial charge in [0.25, 0.3) is 0 Å². The fraction of sp³-hybridized carbons (Fsp3) is 0.379. The minimum atomic E-state index is 0.724. The summed E-state index contributed by atoms with van der Waals surface area (Å²) in [6.07, 6.45) is 9.83. The lowest BCUT2D eigenvalue weighted by molar-refractivity contribution is 0.334. The Hall–Kier alpha value is -3.01. The highest BCUT2D eigenvalue weighted by atomic mass is 32.2. The Balaban J connectivity index is 1.08. The van der Waals surface area contributed by atoms with Crippen LogP contribution in [0.15, 0.2) is 64.6 Å². The van der Waals surface area contributed by atoms with E-state index in [0.29, 0.717) is 0 Å². The molecular weight excluding hydrogens is 511 g/mol. The van der Waals surface area contributed by atoms with Crippen molar-refractivity contribution in [3.05, 3.63) is 82.9 Å². The van der Waals surface area contributed by atoms with Gasteiger partial charge in [-0.2, -0.15) is 10.2 Å². The van der Waals surface area contributed by atoms with Gasteiger partial charge in [0.2, 0.25) is 0 Å². The van der Waals surface area contributed by atoms with Crippen LogP contribution in [0.2, 0.25) is 0 Å². The number of likely N-dealkylation sites (tertiary alicyclic amines) is 1. The van der Waals surface area contributed by atoms with Gasteiger partial charge in [-0.1, -0.05) is 42.1 Å². The van der Waals surface area contributed by atoms with Crippen LogP contribution in [0, 0.1) is 6.92 Å². The first-order valence-electron chi connectivity index (χ1n) is 13.4. The molecule has 9 heteroatoms. The Morgan fingerprint density at radius 3 is 2.63 bits per heavy atom. The molecule has 1 saturated heterocycles. The highest BCUT2D eigenvalue weighted by Gasteiger charge is 2.12. The number of hydrogen-bond donors (Lipinski definition) is 0. The van der Waals surface area contributed by atoms with Gasteiger partial charge in [-0.3, -0.25) is 4.68 Å². The zero-order valence-corrected chi connectivity index (χ0v) is 23.4. The summed E-state index contributed by atoms with van der Waals surface area (Å²) < 4.78 is 5.05. The van der Waals surface area contributed by atoms with E-state index in [1.54, 1.807) is 23.1 Å². The minimum Gasteiger partial charge on any atom is -0.303 e. The van der Waals surface area contributed by atoms with Gasteiger partial charge in [-0.25, -0.2) is 14.5 Å². The third-order valence-electron chi connectivity index (χ3n) is 7.00. The summed E-state index contributed by atoms with van der Waals surface area (Å²) in [7, 11) is 0. The van der Waals surface area contributed by atoms with Crippen LogP contribution in [0.3, 0.4) is 0 Å². The molecule has 1 aromatic carbocycles. The molecule has 1 aliphatic heterocycles. The summed E-state index contributed by atoms with van der Waals surface area (Å²) in [4.78, 5) is 11.9. The second-order valence-electron chi connectivity index (χ2n) is 9.95.